The van der Waals surface area contributed by atoms with Crippen molar-refractivity contribution in [1.29, 1.82) is 0 Å². The number of hydrogen-bond donors (Lipinski definition) is 0. The second-order valence-electron chi connectivity index (χ2n) is 15.6. The SMILES string of the molecule is CC(C)(c1ccccc1)c1ccc(Cc2ccc(C(C)(C)c3ccccc3)cc2)cc1.CCCCCCCCCCCCc1ccc(S(=O)(=O)[O-])cc1. The van der Waals surface area contributed by atoms with Crippen LogP contribution in [-0.2, 0) is 33.8 Å². The van der Waals surface area contributed by atoms with E-state index < -0.39 is 10.1 Å². The van der Waals surface area contributed by atoms with Crippen molar-refractivity contribution in [3.8, 4) is 0 Å². The molecule has 0 unspecified atom stereocenters. The van der Waals surface area contributed by atoms with E-state index in [1.807, 2.05) is 0 Å². The van der Waals surface area contributed by atoms with E-state index in [-0.39, 0.29) is 15.7 Å². The molecule has 5 aromatic carbocycles. The van der Waals surface area contributed by atoms with Crippen LogP contribution in [0.3, 0.4) is 0 Å². The molecule has 0 heterocycles. The Hall–Kier alpha value is -3.99. The summed E-state index contributed by atoms with van der Waals surface area (Å²) < 4.78 is 32.5. The van der Waals surface area contributed by atoms with Crippen molar-refractivity contribution in [2.24, 2.45) is 0 Å². The average Bonchev–Trinajstić information content (AvgIpc) is 3.17. The van der Waals surface area contributed by atoms with E-state index in [1.165, 1.54) is 103 Å². The van der Waals surface area contributed by atoms with Gasteiger partial charge in [0, 0.05) is 10.8 Å². The maximum absolute atomic E-state index is 10.8. The highest BCUT2D eigenvalue weighted by molar-refractivity contribution is 7.85. The molecule has 0 spiro atoms. The Morgan fingerprint density at radius 2 is 0.774 bits per heavy atom. The summed E-state index contributed by atoms with van der Waals surface area (Å²) in [6.07, 6.45) is 15.0. The van der Waals surface area contributed by atoms with E-state index >= 15 is 0 Å². The third-order valence-corrected chi connectivity index (χ3v) is 11.6. The van der Waals surface area contributed by atoms with Crippen molar-refractivity contribution in [2.45, 2.75) is 127 Å². The van der Waals surface area contributed by atoms with Crippen molar-refractivity contribution >= 4 is 10.1 Å². The van der Waals surface area contributed by atoms with E-state index in [0.717, 1.165) is 24.8 Å². The highest BCUT2D eigenvalue weighted by atomic mass is 32.2. The van der Waals surface area contributed by atoms with Gasteiger partial charge in [-0.2, -0.15) is 0 Å². The van der Waals surface area contributed by atoms with Crippen molar-refractivity contribution in [3.05, 3.63) is 172 Å². The lowest BCUT2D eigenvalue weighted by molar-refractivity contribution is 0.463. The first-order chi connectivity index (χ1) is 25.4. The van der Waals surface area contributed by atoms with Crippen LogP contribution in [0.1, 0.15) is 138 Å². The molecule has 0 saturated heterocycles. The van der Waals surface area contributed by atoms with Gasteiger partial charge in [0.1, 0.15) is 10.1 Å². The maximum Gasteiger partial charge on any atom is 0.124 e. The van der Waals surface area contributed by atoms with Crippen LogP contribution in [0.5, 0.6) is 0 Å². The van der Waals surface area contributed by atoms with Gasteiger partial charge in [0.25, 0.3) is 0 Å². The van der Waals surface area contributed by atoms with E-state index in [0.29, 0.717) is 0 Å². The Morgan fingerprint density at radius 3 is 1.15 bits per heavy atom. The van der Waals surface area contributed by atoms with Crippen LogP contribution in [0.15, 0.2) is 138 Å². The molecule has 0 amide bonds. The smallest absolute Gasteiger partial charge is 0.124 e. The standard InChI is InChI=1S/C31H32.C18H30O3S/c1-30(2,26-11-7-5-8-12-26)28-19-15-24(16-20-28)23-25-17-21-29(22-18-25)31(3,4)27-13-9-6-10-14-27;1-2-3-4-5-6-7-8-9-10-11-12-17-13-15-18(16-14-17)22(19,20)21/h5-22H,23H2,1-4H3;13-16H,2-12H2,1H3,(H,19,20,21)/p-1. The fourth-order valence-electron chi connectivity index (χ4n) is 7.00. The minimum absolute atomic E-state index is 0.00442. The molecule has 0 aliphatic rings. The molecule has 0 aliphatic heterocycles. The van der Waals surface area contributed by atoms with Crippen molar-refractivity contribution in [3.63, 3.8) is 0 Å². The van der Waals surface area contributed by atoms with Crippen LogP contribution < -0.4 is 0 Å². The summed E-state index contributed by atoms with van der Waals surface area (Å²) >= 11 is 0. The largest absolute Gasteiger partial charge is 0.744 e. The Morgan fingerprint density at radius 1 is 0.434 bits per heavy atom. The monoisotopic (exact) mass is 729 g/mol. The molecule has 0 bridgehead atoms. The van der Waals surface area contributed by atoms with E-state index in [1.54, 1.807) is 12.1 Å². The number of unbranched alkanes of at least 4 members (excludes halogenated alkanes) is 9. The summed E-state index contributed by atoms with van der Waals surface area (Å²) in [4.78, 5) is -0.140. The molecule has 0 radical (unpaired) electrons. The van der Waals surface area contributed by atoms with Crippen molar-refractivity contribution < 1.29 is 13.0 Å². The predicted octanol–water partition coefficient (Wildman–Crippen LogP) is 13.0. The van der Waals surface area contributed by atoms with Crippen LogP contribution >= 0.6 is 0 Å². The number of aryl methyl sites for hydroxylation is 1. The number of benzene rings is 5. The highest BCUT2D eigenvalue weighted by Gasteiger charge is 2.23. The van der Waals surface area contributed by atoms with Crippen molar-refractivity contribution in [2.75, 3.05) is 0 Å². The summed E-state index contributed by atoms with van der Waals surface area (Å²) in [6, 6.07) is 46.1. The molecule has 0 fully saturated rings. The zero-order valence-electron chi connectivity index (χ0n) is 32.8. The zero-order valence-corrected chi connectivity index (χ0v) is 33.6. The van der Waals surface area contributed by atoms with Gasteiger partial charge in [-0.15, -0.1) is 0 Å². The molecular weight excluding hydrogens is 669 g/mol. The molecule has 0 N–H and O–H groups in total. The third-order valence-electron chi connectivity index (χ3n) is 10.8. The molecule has 3 nitrogen and oxygen atoms in total. The van der Waals surface area contributed by atoms with Gasteiger partial charge in [-0.05, 0) is 70.3 Å². The van der Waals surface area contributed by atoms with Gasteiger partial charge in [0.2, 0.25) is 0 Å². The quantitative estimate of drug-likeness (QED) is 0.0666. The molecule has 0 saturated carbocycles. The lowest BCUT2D eigenvalue weighted by atomic mass is 9.77. The predicted molar refractivity (Wildman–Crippen MR) is 223 cm³/mol. The fourth-order valence-corrected chi connectivity index (χ4v) is 7.47. The Kier molecular flexibility index (Phi) is 16.1. The topological polar surface area (TPSA) is 57.2 Å². The molecule has 0 atom stereocenters. The molecule has 0 aromatic heterocycles. The molecule has 5 rings (SSSR count). The minimum Gasteiger partial charge on any atom is -0.744 e. The summed E-state index contributed by atoms with van der Waals surface area (Å²) in [5.41, 5.74) is 9.20. The van der Waals surface area contributed by atoms with Crippen LogP contribution in [0.4, 0.5) is 0 Å². The lowest BCUT2D eigenvalue weighted by Gasteiger charge is -2.26. The molecule has 4 heteroatoms. The summed E-state index contributed by atoms with van der Waals surface area (Å²) in [5.74, 6) is 0. The van der Waals surface area contributed by atoms with E-state index in [9.17, 15) is 13.0 Å². The van der Waals surface area contributed by atoms with Crippen LogP contribution in [0.2, 0.25) is 0 Å². The van der Waals surface area contributed by atoms with Gasteiger partial charge in [0.05, 0.1) is 4.90 Å². The number of hydrogen-bond acceptors (Lipinski definition) is 3. The molecule has 282 valence electrons. The van der Waals surface area contributed by atoms with Gasteiger partial charge in [-0.25, -0.2) is 8.42 Å². The summed E-state index contributed by atoms with van der Waals surface area (Å²) in [6.45, 7) is 11.4. The Balaban J connectivity index is 0.000000253. The molecule has 53 heavy (non-hydrogen) atoms. The van der Waals surface area contributed by atoms with E-state index in [2.05, 4.69) is 144 Å². The molecular formula is C49H61O3S-. The van der Waals surface area contributed by atoms with Gasteiger partial charge < -0.3 is 4.55 Å². The summed E-state index contributed by atoms with van der Waals surface area (Å²) in [5, 5.41) is 0. The second kappa shape index (κ2) is 20.5. The van der Waals surface area contributed by atoms with Crippen LogP contribution in [0.25, 0.3) is 0 Å². The number of rotatable bonds is 18. The highest BCUT2D eigenvalue weighted by Crippen LogP contribution is 2.33. The van der Waals surface area contributed by atoms with Crippen LogP contribution in [0, 0.1) is 0 Å². The first-order valence-electron chi connectivity index (χ1n) is 19.8. The van der Waals surface area contributed by atoms with Crippen LogP contribution in [-0.4, -0.2) is 13.0 Å². The normalized spacial score (nSPS) is 11.9. The molecule has 0 aliphatic carbocycles. The minimum atomic E-state index is -4.31. The van der Waals surface area contributed by atoms with Gasteiger partial charge in [-0.1, -0.05) is 214 Å². The molecule has 5 aromatic rings. The second-order valence-corrected chi connectivity index (χ2v) is 17.0. The van der Waals surface area contributed by atoms with Gasteiger partial charge in [0.15, 0.2) is 0 Å². The first kappa shape index (κ1) is 41.8. The Bertz CT molecular complexity index is 1770. The third kappa shape index (κ3) is 13.1. The fraction of sp³-hybridized carbons (Fsp3) is 0.388. The van der Waals surface area contributed by atoms with E-state index in [4.69, 9.17) is 0 Å². The van der Waals surface area contributed by atoms with Gasteiger partial charge in [-0.3, -0.25) is 0 Å². The average molecular weight is 730 g/mol. The lowest BCUT2D eigenvalue weighted by Crippen LogP contribution is -2.18. The van der Waals surface area contributed by atoms with Gasteiger partial charge >= 0.3 is 0 Å². The summed E-state index contributed by atoms with van der Waals surface area (Å²) in [7, 11) is -4.31. The Labute approximate surface area is 321 Å². The first-order valence-corrected chi connectivity index (χ1v) is 21.2. The van der Waals surface area contributed by atoms with Crippen molar-refractivity contribution in [1.82, 2.24) is 0 Å². The maximum atomic E-state index is 10.8. The zero-order chi connectivity index (χ0) is 38.2.